The second kappa shape index (κ2) is 12.2. The molecule has 0 aliphatic carbocycles. The summed E-state index contributed by atoms with van der Waals surface area (Å²) in [7, 11) is 0. The van der Waals surface area contributed by atoms with Crippen LogP contribution in [0.5, 0.6) is 0 Å². The fourth-order valence-corrected chi connectivity index (χ4v) is 6.45. The Balaban J connectivity index is 1.94. The zero-order valence-electron chi connectivity index (χ0n) is 26.0. The zero-order valence-corrected chi connectivity index (χ0v) is 26.0. The van der Waals surface area contributed by atoms with E-state index in [1.807, 2.05) is 32.9 Å². The number of carbonyl (C=O) groups is 2. The molecule has 0 unspecified atom stereocenters. The average Bonchev–Trinajstić information content (AvgIpc) is 3.65. The number of aromatic amines is 2. The van der Waals surface area contributed by atoms with Gasteiger partial charge in [0.15, 0.2) is 0 Å². The third kappa shape index (κ3) is 5.38. The van der Waals surface area contributed by atoms with E-state index in [-0.39, 0.29) is 24.0 Å². The number of allylic oxidation sites excluding steroid dienone is 1. The maximum atomic E-state index is 12.6. The first-order valence-corrected chi connectivity index (χ1v) is 14.9. The fraction of sp³-hybridized carbons (Fsp3) is 0.412. The van der Waals surface area contributed by atoms with E-state index < -0.39 is 5.97 Å². The molecule has 43 heavy (non-hydrogen) atoms. The second-order valence-corrected chi connectivity index (χ2v) is 11.4. The van der Waals surface area contributed by atoms with E-state index in [1.54, 1.807) is 0 Å². The number of hydrogen-bond donors (Lipinski definition) is 3. The number of ether oxygens (including phenoxy) is 2. The summed E-state index contributed by atoms with van der Waals surface area (Å²) in [5.41, 5.74) is 12.5. The lowest BCUT2D eigenvalue weighted by Crippen LogP contribution is -2.08. The minimum Gasteiger partial charge on any atom is -0.478 e. The topological polar surface area (TPSA) is 130 Å². The van der Waals surface area contributed by atoms with Crippen LogP contribution in [0.1, 0.15) is 101 Å². The van der Waals surface area contributed by atoms with Gasteiger partial charge in [-0.2, -0.15) is 0 Å². The lowest BCUT2D eigenvalue weighted by Gasteiger charge is -2.16. The number of carboxylic acids is 1. The Hall–Kier alpha value is -4.24. The maximum absolute atomic E-state index is 12.6. The summed E-state index contributed by atoms with van der Waals surface area (Å²) in [6.07, 6.45) is 1.36. The van der Waals surface area contributed by atoms with E-state index >= 15 is 0 Å². The molecule has 9 nitrogen and oxygen atoms in total. The van der Waals surface area contributed by atoms with Gasteiger partial charge in [0.1, 0.15) is 0 Å². The summed E-state index contributed by atoms with van der Waals surface area (Å²) in [5.74, 6) is -1.09. The normalized spacial score (nSPS) is 16.5. The third-order valence-electron chi connectivity index (χ3n) is 9.04. The van der Waals surface area contributed by atoms with Crippen LogP contribution in [0.25, 0.3) is 33.2 Å². The Morgan fingerprint density at radius 3 is 2.40 bits per heavy atom. The Kier molecular flexibility index (Phi) is 8.55. The minimum atomic E-state index is -0.998. The van der Waals surface area contributed by atoms with Gasteiger partial charge in [0, 0.05) is 52.0 Å². The number of nitrogens with zero attached hydrogens (tertiary/aromatic N) is 2. The number of aromatic nitrogens is 4. The van der Waals surface area contributed by atoms with Crippen LogP contribution in [0.15, 0.2) is 18.2 Å². The van der Waals surface area contributed by atoms with Crippen molar-refractivity contribution in [2.75, 3.05) is 19.8 Å². The van der Waals surface area contributed by atoms with Crippen LogP contribution in [0, 0.1) is 20.8 Å². The molecule has 0 saturated heterocycles. The van der Waals surface area contributed by atoms with Gasteiger partial charge in [-0.1, -0.05) is 13.8 Å². The highest BCUT2D eigenvalue weighted by molar-refractivity contribution is 6.02. The molecule has 0 saturated carbocycles. The Bertz CT molecular complexity index is 1800. The zero-order chi connectivity index (χ0) is 31.0. The molecule has 3 aromatic heterocycles. The molecule has 8 bridgehead atoms. The van der Waals surface area contributed by atoms with Gasteiger partial charge in [0.2, 0.25) is 0 Å². The third-order valence-corrected chi connectivity index (χ3v) is 9.04. The molecule has 3 N–H and O–H groups in total. The molecule has 0 amide bonds. The number of rotatable bonds is 9. The van der Waals surface area contributed by atoms with Crippen LogP contribution in [0.4, 0.5) is 0 Å². The van der Waals surface area contributed by atoms with Gasteiger partial charge >= 0.3 is 5.97 Å². The summed E-state index contributed by atoms with van der Waals surface area (Å²) < 4.78 is 11.0. The van der Waals surface area contributed by atoms with Crippen molar-refractivity contribution in [3.63, 3.8) is 0 Å². The van der Waals surface area contributed by atoms with E-state index in [0.717, 1.165) is 73.6 Å². The quantitative estimate of drug-likeness (QED) is 0.184. The van der Waals surface area contributed by atoms with Crippen LogP contribution >= 0.6 is 0 Å². The van der Waals surface area contributed by atoms with Crippen molar-refractivity contribution < 1.29 is 24.2 Å². The van der Waals surface area contributed by atoms with Gasteiger partial charge in [-0.15, -0.1) is 0 Å². The molecule has 9 heteroatoms. The first-order valence-electron chi connectivity index (χ1n) is 14.9. The largest absolute Gasteiger partial charge is 0.478 e. The lowest BCUT2D eigenvalue weighted by atomic mass is 9.87. The van der Waals surface area contributed by atoms with Gasteiger partial charge in [-0.05, 0) is 93.5 Å². The Morgan fingerprint density at radius 1 is 0.977 bits per heavy atom. The number of hydrogen-bond acceptors (Lipinski definition) is 6. The highest BCUT2D eigenvalue weighted by atomic mass is 16.5. The maximum Gasteiger partial charge on any atom is 0.338 e. The van der Waals surface area contributed by atoms with Crippen LogP contribution in [-0.2, 0) is 20.7 Å². The van der Waals surface area contributed by atoms with E-state index in [4.69, 9.17) is 19.4 Å². The SMILES string of the molecule is CCOCC1=C(C)c2cc3nc(c(C)c4[nH]c(cc5[nH]c(cc1n2)c(C)c5CC)c(C)c4C(=O)O)[C@@H](CCOC=O)[C@@H]3C. The number of aromatic carboxylic acids is 1. The molecule has 2 aliphatic rings. The smallest absolute Gasteiger partial charge is 0.338 e. The molecule has 226 valence electrons. The monoisotopic (exact) mass is 584 g/mol. The van der Waals surface area contributed by atoms with Crippen molar-refractivity contribution >= 4 is 45.7 Å². The summed E-state index contributed by atoms with van der Waals surface area (Å²) in [5, 5.41) is 10.3. The first kappa shape index (κ1) is 30.2. The Labute approximate surface area is 251 Å². The first-order chi connectivity index (χ1) is 20.6. The van der Waals surface area contributed by atoms with Gasteiger partial charge in [0.05, 0.1) is 35.7 Å². The lowest BCUT2D eigenvalue weighted by molar-refractivity contribution is -0.128. The summed E-state index contributed by atoms with van der Waals surface area (Å²) in [6, 6.07) is 6.12. The van der Waals surface area contributed by atoms with Crippen molar-refractivity contribution in [2.24, 2.45) is 0 Å². The van der Waals surface area contributed by atoms with Crippen molar-refractivity contribution in [3.05, 3.63) is 68.8 Å². The summed E-state index contributed by atoms with van der Waals surface area (Å²) in [4.78, 5) is 40.8. The molecule has 2 atom stereocenters. The van der Waals surface area contributed by atoms with Gasteiger partial charge in [0.25, 0.3) is 6.47 Å². The number of nitrogens with one attached hydrogen (secondary N) is 2. The average molecular weight is 585 g/mol. The molecular formula is C34H40N4O5. The van der Waals surface area contributed by atoms with Crippen molar-refractivity contribution in [1.29, 1.82) is 0 Å². The van der Waals surface area contributed by atoms with Gasteiger partial charge in [-0.25, -0.2) is 9.78 Å². The van der Waals surface area contributed by atoms with E-state index in [9.17, 15) is 14.7 Å². The highest BCUT2D eigenvalue weighted by Gasteiger charge is 2.32. The standard InChI is InChI=1S/C34H40N4O5/c1-8-22-17(3)26-13-30-24(15-42-9-2)19(5)25(36-30)12-27-18(4)23(10-11-43-16-39)32(37-27)21(7)33-31(34(40)41)20(6)28(38-33)14-29(22)35-26/h12-14,16,18,23,35,38H,8-11,15H2,1-7H3,(H,40,41)/t18-,23-/m0/s1. The number of fused-ring (bicyclic) bond motifs is 8. The minimum absolute atomic E-state index is 0.00923. The van der Waals surface area contributed by atoms with Crippen molar-refractivity contribution in [1.82, 2.24) is 19.9 Å². The number of carbonyl (C=O) groups excluding carboxylic acids is 1. The summed E-state index contributed by atoms with van der Waals surface area (Å²) >= 11 is 0. The number of aryl methyl sites for hydroxylation is 4. The van der Waals surface area contributed by atoms with Crippen LogP contribution in [0.2, 0.25) is 0 Å². The molecule has 0 aromatic carbocycles. The predicted octanol–water partition coefficient (Wildman–Crippen LogP) is 6.92. The number of carboxylic acid groups (broad SMARTS) is 1. The highest BCUT2D eigenvalue weighted by Crippen LogP contribution is 2.42. The molecule has 0 radical (unpaired) electrons. The van der Waals surface area contributed by atoms with Crippen LogP contribution in [-0.4, -0.2) is 57.3 Å². The molecule has 2 aliphatic heterocycles. The fourth-order valence-electron chi connectivity index (χ4n) is 6.45. The molecule has 5 rings (SSSR count). The second-order valence-electron chi connectivity index (χ2n) is 11.4. The van der Waals surface area contributed by atoms with Gasteiger partial charge < -0.3 is 24.5 Å². The van der Waals surface area contributed by atoms with E-state index in [0.29, 0.717) is 37.2 Å². The predicted molar refractivity (Wildman–Crippen MR) is 168 cm³/mol. The molecular weight excluding hydrogens is 544 g/mol. The van der Waals surface area contributed by atoms with Gasteiger partial charge in [-0.3, -0.25) is 9.78 Å². The molecule has 0 spiro atoms. The Morgan fingerprint density at radius 2 is 1.72 bits per heavy atom. The number of H-pyrrole nitrogens is 2. The van der Waals surface area contributed by atoms with Crippen LogP contribution in [0.3, 0.4) is 0 Å². The van der Waals surface area contributed by atoms with Crippen LogP contribution < -0.4 is 0 Å². The van der Waals surface area contributed by atoms with Crippen molar-refractivity contribution in [2.45, 2.75) is 73.1 Å². The van der Waals surface area contributed by atoms with E-state index in [2.05, 4.69) is 43.7 Å². The van der Waals surface area contributed by atoms with E-state index in [1.165, 1.54) is 0 Å². The summed E-state index contributed by atoms with van der Waals surface area (Å²) in [6.45, 7) is 15.9. The molecule has 5 heterocycles. The van der Waals surface area contributed by atoms with Crippen molar-refractivity contribution in [3.8, 4) is 0 Å². The molecule has 3 aromatic rings. The molecule has 0 fully saturated rings.